The molecule has 0 amide bonds. The largest absolute Gasteiger partial charge is 0.481 e. The molecule has 89 heavy (non-hydrogen) atoms. The van der Waals surface area contributed by atoms with Crippen molar-refractivity contribution in [2.24, 2.45) is 20.0 Å². The van der Waals surface area contributed by atoms with Gasteiger partial charge < -0.3 is 9.47 Å². The summed E-state index contributed by atoms with van der Waals surface area (Å²) < 4.78 is 10.4. The van der Waals surface area contributed by atoms with Crippen molar-refractivity contribution in [1.29, 1.82) is 0 Å². The molecule has 11 rings (SSSR count). The lowest BCUT2D eigenvalue weighted by Crippen LogP contribution is -2.04. The molecule has 4 aromatic heterocycles. The van der Waals surface area contributed by atoms with Gasteiger partial charge in [-0.2, -0.15) is 0 Å². The molecule has 10 nitrogen and oxygen atoms in total. The second-order valence-electron chi connectivity index (χ2n) is 21.4. The fraction of sp³-hybridized carbons (Fsp3) is 0.165. The summed E-state index contributed by atoms with van der Waals surface area (Å²) in [4.78, 5) is 36.6. The number of rotatable bonds is 17. The molecule has 11 aromatic rings. The molecular weight excluding hydrogens is 1090 g/mol. The van der Waals surface area contributed by atoms with Gasteiger partial charge in [0.15, 0.2) is 0 Å². The van der Waals surface area contributed by atoms with Crippen LogP contribution in [0, 0.1) is 41.5 Å². The number of aliphatic imine (C=N–C) groups is 4. The number of benzene rings is 7. The van der Waals surface area contributed by atoms with Gasteiger partial charge in [-0.05, 0) is 151 Å². The summed E-state index contributed by atoms with van der Waals surface area (Å²) in [5.41, 5.74) is 19.1. The second-order valence-corrected chi connectivity index (χ2v) is 21.4. The van der Waals surface area contributed by atoms with E-state index in [0.717, 1.165) is 39.5 Å². The first-order valence-electron chi connectivity index (χ1n) is 29.8. The Bertz CT molecular complexity index is 3930. The van der Waals surface area contributed by atoms with Crippen LogP contribution in [-0.2, 0) is 0 Å². The van der Waals surface area contributed by atoms with E-state index in [9.17, 15) is 0 Å². The maximum Gasteiger partial charge on any atom is 0.213 e. The Labute approximate surface area is 526 Å². The van der Waals surface area contributed by atoms with Gasteiger partial charge in [-0.25, -0.2) is 9.97 Å². The lowest BCUT2D eigenvalue weighted by atomic mass is 9.93. The summed E-state index contributed by atoms with van der Waals surface area (Å²) in [6.45, 7) is 14.7. The van der Waals surface area contributed by atoms with Gasteiger partial charge in [-0.3, -0.25) is 29.9 Å². The lowest BCUT2D eigenvalue weighted by Gasteiger charge is -2.18. The Kier molecular flexibility index (Phi) is 24.6. The quantitative estimate of drug-likeness (QED) is 0.0838. The maximum atomic E-state index is 5.20. The van der Waals surface area contributed by atoms with E-state index in [-0.39, 0.29) is 24.2 Å². The van der Waals surface area contributed by atoms with Crippen LogP contribution in [-0.4, -0.2) is 59.0 Å². The number of ether oxygens (including phenoxy) is 2. The van der Waals surface area contributed by atoms with E-state index in [0.29, 0.717) is 11.8 Å². The summed E-state index contributed by atoms with van der Waals surface area (Å²) in [6.07, 6.45) is 11.0. The average molecular weight is 1170 g/mol. The van der Waals surface area contributed by atoms with Gasteiger partial charge in [0.05, 0.1) is 49.1 Å². The number of pyridine rings is 4. The summed E-state index contributed by atoms with van der Waals surface area (Å²) in [6, 6.07) is 83.9. The van der Waals surface area contributed by atoms with E-state index in [1.54, 1.807) is 20.4 Å². The summed E-state index contributed by atoms with van der Waals surface area (Å²) >= 11 is 0. The lowest BCUT2D eigenvalue weighted by molar-refractivity contribution is 0.397. The molecule has 4 heterocycles. The molecule has 0 bridgehead atoms. The number of aryl methyl sites for hydroxylation is 6. The predicted octanol–water partition coefficient (Wildman–Crippen LogP) is 18.0. The highest BCUT2D eigenvalue weighted by Gasteiger charge is 2.18. The Morgan fingerprint density at radius 2 is 0.708 bits per heavy atom. The van der Waals surface area contributed by atoms with Crippen LogP contribution < -0.4 is 9.47 Å². The number of hydrogen-bond acceptors (Lipinski definition) is 10. The molecule has 7 aromatic carbocycles. The van der Waals surface area contributed by atoms with E-state index in [1.165, 1.54) is 55.6 Å². The van der Waals surface area contributed by atoms with Crippen LogP contribution in [0.3, 0.4) is 0 Å². The van der Waals surface area contributed by atoms with Crippen molar-refractivity contribution >= 4 is 24.9 Å². The van der Waals surface area contributed by atoms with Crippen LogP contribution in [0.15, 0.2) is 281 Å². The smallest absolute Gasteiger partial charge is 0.213 e. The van der Waals surface area contributed by atoms with Gasteiger partial charge in [-0.1, -0.05) is 206 Å². The minimum Gasteiger partial charge on any atom is -0.481 e. The molecule has 0 N–H and O–H groups in total. The Morgan fingerprint density at radius 1 is 0.326 bits per heavy atom. The maximum absolute atomic E-state index is 5.20. The zero-order valence-electron chi connectivity index (χ0n) is 52.3. The third-order valence-corrected chi connectivity index (χ3v) is 14.7. The van der Waals surface area contributed by atoms with Crippen LogP contribution in [0.2, 0.25) is 0 Å². The van der Waals surface area contributed by atoms with Crippen LogP contribution in [0.1, 0.15) is 126 Å². The molecule has 0 aliphatic rings. The van der Waals surface area contributed by atoms with Crippen LogP contribution >= 0.6 is 0 Å². The third-order valence-electron chi connectivity index (χ3n) is 14.7. The van der Waals surface area contributed by atoms with Crippen molar-refractivity contribution in [3.63, 3.8) is 0 Å². The second kappa shape index (κ2) is 33.9. The van der Waals surface area contributed by atoms with Crippen LogP contribution in [0.25, 0.3) is 0 Å². The van der Waals surface area contributed by atoms with Crippen LogP contribution in [0.4, 0.5) is 0 Å². The van der Waals surface area contributed by atoms with Crippen molar-refractivity contribution in [3.8, 4) is 11.8 Å². The minimum atomic E-state index is -0.0598. The molecule has 0 aliphatic heterocycles. The molecule has 0 fully saturated rings. The first kappa shape index (κ1) is 64.4. The molecule has 0 radical (unpaired) electrons. The van der Waals surface area contributed by atoms with Gasteiger partial charge >= 0.3 is 0 Å². The zero-order valence-corrected chi connectivity index (χ0v) is 52.3. The molecule has 0 saturated heterocycles. The summed E-state index contributed by atoms with van der Waals surface area (Å²) in [5, 5.41) is 0. The van der Waals surface area contributed by atoms with E-state index >= 15 is 0 Å². The monoisotopic (exact) mass is 1170 g/mol. The Balaban J connectivity index is 0.000000155. The fourth-order valence-corrected chi connectivity index (χ4v) is 9.74. The Morgan fingerprint density at radius 3 is 1.10 bits per heavy atom. The van der Waals surface area contributed by atoms with Gasteiger partial charge in [0.1, 0.15) is 12.1 Å². The molecule has 1 atom stereocenters. The Hall–Kier alpha value is -10.6. The zero-order chi connectivity index (χ0) is 62.6. The van der Waals surface area contributed by atoms with Gasteiger partial charge in [-0.15, -0.1) is 0 Å². The van der Waals surface area contributed by atoms with Crippen LogP contribution in [0.5, 0.6) is 11.8 Å². The normalized spacial score (nSPS) is 11.5. The highest BCUT2D eigenvalue weighted by molar-refractivity contribution is 5.79. The number of aromatic nitrogens is 4. The van der Waals surface area contributed by atoms with E-state index in [1.807, 2.05) is 147 Å². The van der Waals surface area contributed by atoms with Crippen molar-refractivity contribution in [3.05, 3.63) is 356 Å². The number of hydrogen-bond donors (Lipinski definition) is 0. The molecule has 446 valence electrons. The molecular formula is C79H78N8O2. The number of methoxy groups -OCH3 is 2. The summed E-state index contributed by atoms with van der Waals surface area (Å²) in [7, 11) is 3.23. The van der Waals surface area contributed by atoms with Crippen molar-refractivity contribution in [2.45, 2.75) is 72.6 Å². The van der Waals surface area contributed by atoms with Gasteiger partial charge in [0.2, 0.25) is 11.8 Å². The standard InChI is InChI=1S/C22H22N2O.C22H22N2.C20H18N2O.C15H16N2/c1-16-9-4-6-12-19(16)22(20-13-7-5-10-17(20)2)23-15-18-11-8-14-21(24-18)25-3;1-16-12-13-19(23-14-16)15-24-22(20-10-6-4-8-17(20)2)21-11-7-5-9-18(21)3;1-23-19-14-8-13-18(22-19)15-21-20(16-9-4-2-5-10-16)17-11-6-3-7-12-17;1-12-8-9-16-15(10-12)11-17-13(2)14-6-4-3-5-7-14/h4-15,22H,1-3H3;4-15,22H,1-3H3;2-15,20H,1H3;3-11,13H,1-2H3/t;;;13-/m...0/s1. The first-order chi connectivity index (χ1) is 43.5. The van der Waals surface area contributed by atoms with E-state index < -0.39 is 0 Å². The van der Waals surface area contributed by atoms with Crippen molar-refractivity contribution in [2.75, 3.05) is 14.2 Å². The van der Waals surface area contributed by atoms with E-state index in [2.05, 4.69) is 206 Å². The van der Waals surface area contributed by atoms with Crippen molar-refractivity contribution < 1.29 is 9.47 Å². The summed E-state index contributed by atoms with van der Waals surface area (Å²) in [5.74, 6) is 1.18. The first-order valence-corrected chi connectivity index (χ1v) is 29.8. The minimum absolute atomic E-state index is 0.0181. The topological polar surface area (TPSA) is 119 Å². The molecule has 0 unspecified atom stereocenters. The third kappa shape index (κ3) is 19.7. The highest BCUT2D eigenvalue weighted by Crippen LogP contribution is 2.33. The predicted molar refractivity (Wildman–Crippen MR) is 368 cm³/mol. The number of nitrogens with zero attached hydrogens (tertiary/aromatic N) is 8. The molecule has 0 aliphatic carbocycles. The van der Waals surface area contributed by atoms with Crippen molar-refractivity contribution in [1.82, 2.24) is 19.9 Å². The van der Waals surface area contributed by atoms with Gasteiger partial charge in [0.25, 0.3) is 0 Å². The van der Waals surface area contributed by atoms with E-state index in [4.69, 9.17) is 24.5 Å². The average Bonchev–Trinajstić information content (AvgIpc) is 3.76. The molecule has 10 heteroatoms. The van der Waals surface area contributed by atoms with Gasteiger partial charge in [0, 0.05) is 49.4 Å². The molecule has 0 saturated carbocycles. The highest BCUT2D eigenvalue weighted by atomic mass is 16.5. The SMILES string of the molecule is COc1cccc(C=NC(c2ccccc2)c2ccccc2)n1.COc1cccc(C=NC(c2ccccc2C)c2ccccc2C)n1.Cc1ccc(C=NC(c2ccccc2C)c2ccccc2C)nc1.Cc1ccnc(C=N[C@@H](C)c2ccccc2)c1. The fourth-order valence-electron chi connectivity index (χ4n) is 9.74. The molecule has 0 spiro atoms.